The van der Waals surface area contributed by atoms with Gasteiger partial charge in [0.2, 0.25) is 0 Å². The molecule has 0 aliphatic carbocycles. The van der Waals surface area contributed by atoms with E-state index in [0.717, 1.165) is 6.07 Å². The first kappa shape index (κ1) is 3.17. The molecule has 0 unspecified atom stereocenters. The average molecular weight is 116 g/mol. The highest BCUT2D eigenvalue weighted by atomic mass is 19.1. The van der Waals surface area contributed by atoms with E-state index in [1.165, 1.54) is 0 Å². The summed E-state index contributed by atoms with van der Waals surface area (Å²) in [6.07, 6.45) is 0. The molecule has 0 saturated heterocycles. The molecule has 0 nitrogen and oxygen atoms in total. The van der Waals surface area contributed by atoms with Gasteiger partial charge in [-0.25, -0.2) is 8.78 Å². The molecule has 0 amide bonds. The summed E-state index contributed by atoms with van der Waals surface area (Å²) in [4.78, 5) is 0. The minimum Gasteiger partial charge on any atom is -0.207 e. The topological polar surface area (TPSA) is 0 Å². The van der Waals surface area contributed by atoms with Crippen LogP contribution in [0.4, 0.5) is 8.78 Å². The third kappa shape index (κ3) is 1.03. The van der Waals surface area contributed by atoms with Gasteiger partial charge in [0.05, 0.1) is 2.74 Å². The molecule has 8 heavy (non-hydrogen) atoms. The van der Waals surface area contributed by atoms with Crippen LogP contribution in [-0.2, 0) is 0 Å². The zero-order valence-corrected chi connectivity index (χ0v) is 3.91. The van der Waals surface area contributed by atoms with Crippen molar-refractivity contribution in [3.8, 4) is 0 Å². The highest BCUT2D eigenvalue weighted by Crippen LogP contribution is 1.99. The van der Waals surface area contributed by atoms with Gasteiger partial charge in [0.15, 0.2) is 0 Å². The van der Waals surface area contributed by atoms with Crippen molar-refractivity contribution in [2.75, 3.05) is 0 Å². The van der Waals surface area contributed by atoms with Crippen molar-refractivity contribution >= 4 is 0 Å². The minimum absolute atomic E-state index is 0.452. The summed E-state index contributed by atoms with van der Waals surface area (Å²) in [7, 11) is 0. The lowest BCUT2D eigenvalue weighted by atomic mass is 10.3. The van der Waals surface area contributed by atoms with E-state index in [4.69, 9.17) is 2.74 Å². The summed E-state index contributed by atoms with van der Waals surface area (Å²) in [5.74, 6) is -1.87. The van der Waals surface area contributed by atoms with E-state index < -0.39 is 23.7 Å². The van der Waals surface area contributed by atoms with Crippen molar-refractivity contribution in [2.45, 2.75) is 0 Å². The fourth-order valence-electron chi connectivity index (χ4n) is 0.369. The molecule has 0 bridgehead atoms. The van der Waals surface area contributed by atoms with Crippen LogP contribution >= 0.6 is 0 Å². The van der Waals surface area contributed by atoms with Gasteiger partial charge < -0.3 is 0 Å². The van der Waals surface area contributed by atoms with Crippen LogP contribution in [0.3, 0.4) is 0 Å². The van der Waals surface area contributed by atoms with E-state index in [2.05, 4.69) is 0 Å². The van der Waals surface area contributed by atoms with Gasteiger partial charge in [0.1, 0.15) is 11.6 Å². The Kier molecular flexibility index (Phi) is 0.755. The number of halogens is 2. The lowest BCUT2D eigenvalue weighted by Crippen LogP contribution is -1.73. The van der Waals surface area contributed by atoms with Crippen molar-refractivity contribution in [2.24, 2.45) is 0 Å². The van der Waals surface area contributed by atoms with Gasteiger partial charge in [-0.2, -0.15) is 0 Å². The van der Waals surface area contributed by atoms with E-state index in [1.54, 1.807) is 0 Å². The Morgan fingerprint density at radius 2 is 1.75 bits per heavy atom. The number of benzene rings is 1. The molecular formula is C6H4F2. The Hall–Kier alpha value is -0.920. The second-order valence-electron chi connectivity index (χ2n) is 1.27. The summed E-state index contributed by atoms with van der Waals surface area (Å²) in [6.45, 7) is 0. The van der Waals surface area contributed by atoms with Crippen molar-refractivity contribution < 1.29 is 11.5 Å². The SMILES string of the molecule is [2H]c1cc([2H])c(F)cc1F. The van der Waals surface area contributed by atoms with Gasteiger partial charge in [-0.05, 0) is 12.1 Å². The highest BCUT2D eigenvalue weighted by molar-refractivity contribution is 5.04. The summed E-state index contributed by atoms with van der Waals surface area (Å²) < 4.78 is 38.1. The fraction of sp³-hybridized carbons (Fsp3) is 0. The van der Waals surface area contributed by atoms with Gasteiger partial charge in [-0.3, -0.25) is 0 Å². The number of hydrogen-bond donors (Lipinski definition) is 0. The molecule has 0 fully saturated rings. The zero-order valence-electron chi connectivity index (χ0n) is 5.91. The third-order valence-corrected chi connectivity index (χ3v) is 0.674. The normalized spacial score (nSPS) is 12.8. The molecule has 0 atom stereocenters. The monoisotopic (exact) mass is 116 g/mol. The molecule has 1 aromatic carbocycles. The molecule has 1 rings (SSSR count). The van der Waals surface area contributed by atoms with Crippen LogP contribution in [-0.4, -0.2) is 0 Å². The molecule has 0 N–H and O–H groups in total. The Balaban J connectivity index is 3.28. The largest absolute Gasteiger partial charge is 0.207 e. The van der Waals surface area contributed by atoms with Gasteiger partial charge in [0, 0.05) is 6.07 Å². The van der Waals surface area contributed by atoms with Crippen molar-refractivity contribution in [1.29, 1.82) is 0 Å². The minimum atomic E-state index is -0.937. The van der Waals surface area contributed by atoms with Crippen LogP contribution in [0.25, 0.3) is 0 Å². The third-order valence-electron chi connectivity index (χ3n) is 0.674. The van der Waals surface area contributed by atoms with E-state index >= 15 is 0 Å². The standard InChI is InChI=1S/C6H4F2/c7-5-2-1-3-6(8)4-5/h1-4H/i2D,3D. The Morgan fingerprint density at radius 1 is 1.25 bits per heavy atom. The molecule has 0 aromatic heterocycles. The van der Waals surface area contributed by atoms with Gasteiger partial charge >= 0.3 is 0 Å². The quantitative estimate of drug-likeness (QED) is 0.486. The summed E-state index contributed by atoms with van der Waals surface area (Å²) in [6, 6.07) is 0.452. The van der Waals surface area contributed by atoms with Crippen LogP contribution in [0.1, 0.15) is 2.74 Å². The maximum Gasteiger partial charge on any atom is 0.126 e. The van der Waals surface area contributed by atoms with Crippen LogP contribution in [0.5, 0.6) is 0 Å². The Morgan fingerprint density at radius 3 is 2.12 bits per heavy atom. The van der Waals surface area contributed by atoms with Gasteiger partial charge in [-0.15, -0.1) is 0 Å². The first-order chi connectivity index (χ1) is 4.61. The lowest BCUT2D eigenvalue weighted by molar-refractivity contribution is 0.583. The molecule has 1 aromatic rings. The molecule has 0 spiro atoms. The maximum absolute atomic E-state index is 12.2. The summed E-state index contributed by atoms with van der Waals surface area (Å²) in [5, 5.41) is 0. The van der Waals surface area contributed by atoms with Crippen LogP contribution in [0.2, 0.25) is 0 Å². The van der Waals surface area contributed by atoms with E-state index in [-0.39, 0.29) is 0 Å². The molecule has 0 aliphatic heterocycles. The molecule has 0 saturated carbocycles. The smallest absolute Gasteiger partial charge is 0.126 e. The molecule has 42 valence electrons. The molecule has 0 heterocycles. The molecular weight excluding hydrogens is 110 g/mol. The van der Waals surface area contributed by atoms with Crippen LogP contribution < -0.4 is 0 Å². The van der Waals surface area contributed by atoms with Gasteiger partial charge in [0.25, 0.3) is 0 Å². The van der Waals surface area contributed by atoms with Crippen LogP contribution in [0, 0.1) is 11.6 Å². The van der Waals surface area contributed by atoms with Crippen molar-refractivity contribution in [3.05, 3.63) is 35.9 Å². The maximum atomic E-state index is 12.2. The van der Waals surface area contributed by atoms with E-state index in [0.29, 0.717) is 6.07 Å². The second kappa shape index (κ2) is 1.90. The predicted molar refractivity (Wildman–Crippen MR) is 26.4 cm³/mol. The van der Waals surface area contributed by atoms with Crippen LogP contribution in [0.15, 0.2) is 24.2 Å². The van der Waals surface area contributed by atoms with E-state index in [1.807, 2.05) is 0 Å². The first-order valence-corrected chi connectivity index (χ1v) is 2.03. The highest BCUT2D eigenvalue weighted by Gasteiger charge is 1.88. The summed E-state index contributed by atoms with van der Waals surface area (Å²) >= 11 is 0. The fourth-order valence-corrected chi connectivity index (χ4v) is 0.369. The molecule has 0 aliphatic rings. The number of rotatable bonds is 0. The Labute approximate surface area is 48.6 Å². The number of hydrogen-bond acceptors (Lipinski definition) is 0. The van der Waals surface area contributed by atoms with Crippen molar-refractivity contribution in [3.63, 3.8) is 0 Å². The Bertz CT molecular complexity index is 210. The van der Waals surface area contributed by atoms with E-state index in [9.17, 15) is 8.78 Å². The lowest BCUT2D eigenvalue weighted by Gasteiger charge is -1.84. The van der Waals surface area contributed by atoms with Crippen molar-refractivity contribution in [1.82, 2.24) is 0 Å². The molecule has 2 heteroatoms. The summed E-state index contributed by atoms with van der Waals surface area (Å²) in [5.41, 5.74) is 0. The second-order valence-corrected chi connectivity index (χ2v) is 1.27. The average Bonchev–Trinajstić information content (AvgIpc) is 1.84. The zero-order chi connectivity index (χ0) is 7.72. The predicted octanol–water partition coefficient (Wildman–Crippen LogP) is 1.96. The van der Waals surface area contributed by atoms with Gasteiger partial charge in [-0.1, -0.05) is 6.07 Å². The first-order valence-electron chi connectivity index (χ1n) is 3.03. The molecule has 0 radical (unpaired) electrons.